The van der Waals surface area contributed by atoms with Crippen molar-refractivity contribution in [2.45, 2.75) is 13.0 Å². The molecule has 0 aliphatic rings. The molecule has 0 saturated heterocycles. The zero-order valence-corrected chi connectivity index (χ0v) is 4.40. The van der Waals surface area contributed by atoms with Gasteiger partial charge in [0.25, 0.3) is 0 Å². The van der Waals surface area contributed by atoms with Gasteiger partial charge in [-0.2, -0.15) is 0 Å². The third-order valence-electron chi connectivity index (χ3n) is 0.357. The molecule has 0 radical (unpaired) electrons. The minimum atomic E-state index is -1.23. The zero-order valence-electron chi connectivity index (χ0n) is 4.40. The molecule has 8 heavy (non-hydrogen) atoms. The molecule has 1 atom stereocenters. The molecule has 5 N–H and O–H groups in total. The van der Waals surface area contributed by atoms with Gasteiger partial charge >= 0.3 is 5.97 Å². The average Bonchev–Trinajstić information content (AvgIpc) is 1.72. The molecule has 0 rings (SSSR count). The molecular formula is C3H9NO4. The summed E-state index contributed by atoms with van der Waals surface area (Å²) in [6, 6.07) is 0. The molecule has 0 aliphatic carbocycles. The van der Waals surface area contributed by atoms with Crippen LogP contribution in [0.3, 0.4) is 0 Å². The van der Waals surface area contributed by atoms with Crippen LogP contribution in [-0.4, -0.2) is 27.5 Å². The Morgan fingerprint density at radius 2 is 1.75 bits per heavy atom. The first kappa shape index (κ1) is 10.4. The summed E-state index contributed by atoms with van der Waals surface area (Å²) in [6.45, 7) is 1.20. The van der Waals surface area contributed by atoms with Crippen LogP contribution in [0.5, 0.6) is 0 Å². The maximum absolute atomic E-state index is 9.45. The van der Waals surface area contributed by atoms with Crippen LogP contribution in [-0.2, 0) is 4.79 Å². The molecule has 0 fully saturated rings. The second-order valence-corrected chi connectivity index (χ2v) is 1.01. The fourth-order valence-electron chi connectivity index (χ4n) is 0. The fourth-order valence-corrected chi connectivity index (χ4v) is 0. The van der Waals surface area contributed by atoms with Gasteiger partial charge in [-0.25, -0.2) is 10.7 Å². The molecule has 0 amide bonds. The number of nitrogens with two attached hydrogens (primary N) is 1. The molecule has 0 aromatic heterocycles. The van der Waals surface area contributed by atoms with E-state index in [9.17, 15) is 4.79 Å². The monoisotopic (exact) mass is 123 g/mol. The summed E-state index contributed by atoms with van der Waals surface area (Å²) >= 11 is 0. The molecular weight excluding hydrogens is 114 g/mol. The van der Waals surface area contributed by atoms with E-state index in [2.05, 4.69) is 5.90 Å². The van der Waals surface area contributed by atoms with Crippen molar-refractivity contribution >= 4 is 5.97 Å². The van der Waals surface area contributed by atoms with Gasteiger partial charge in [-0.3, -0.25) is 0 Å². The number of aliphatic carboxylic acids is 1. The van der Waals surface area contributed by atoms with Crippen molar-refractivity contribution in [3.63, 3.8) is 0 Å². The van der Waals surface area contributed by atoms with Gasteiger partial charge in [0.1, 0.15) is 6.10 Å². The molecule has 0 aromatic rings. The normalized spacial score (nSPS) is 11.0. The Labute approximate surface area is 46.3 Å². The summed E-state index contributed by atoms with van der Waals surface area (Å²) in [7, 11) is 0. The highest BCUT2D eigenvalue weighted by Gasteiger charge is 2.01. The van der Waals surface area contributed by atoms with Gasteiger partial charge in [0.15, 0.2) is 0 Å². The highest BCUT2D eigenvalue weighted by molar-refractivity contribution is 5.71. The summed E-state index contributed by atoms with van der Waals surface area (Å²) in [5, 5.41) is 22.3. The van der Waals surface area contributed by atoms with Crippen molar-refractivity contribution in [3.05, 3.63) is 0 Å². The van der Waals surface area contributed by atoms with Gasteiger partial charge in [0.2, 0.25) is 0 Å². The van der Waals surface area contributed by atoms with Gasteiger partial charge in [0.05, 0.1) is 0 Å². The first-order valence-corrected chi connectivity index (χ1v) is 1.81. The number of hydrogen-bond acceptors (Lipinski definition) is 4. The highest BCUT2D eigenvalue weighted by atomic mass is 16.4. The lowest BCUT2D eigenvalue weighted by Gasteiger charge is -1.89. The Balaban J connectivity index is 0. The Morgan fingerprint density at radius 3 is 1.75 bits per heavy atom. The van der Waals surface area contributed by atoms with Crippen LogP contribution >= 0.6 is 0 Å². The summed E-state index contributed by atoms with van der Waals surface area (Å²) in [4.78, 5) is 9.45. The number of carboxylic acids is 1. The smallest absolute Gasteiger partial charge is 0.332 e. The minimum absolute atomic E-state index is 1.19. The van der Waals surface area contributed by atoms with Gasteiger partial charge in [0, 0.05) is 0 Å². The second kappa shape index (κ2) is 6.35. The molecule has 5 nitrogen and oxygen atoms in total. The lowest BCUT2D eigenvalue weighted by atomic mass is 10.4. The van der Waals surface area contributed by atoms with Crippen molar-refractivity contribution in [2.24, 2.45) is 5.90 Å². The summed E-state index contributed by atoms with van der Waals surface area (Å²) < 4.78 is 0. The van der Waals surface area contributed by atoms with Gasteiger partial charge in [-0.1, -0.05) is 0 Å². The van der Waals surface area contributed by atoms with Gasteiger partial charge in [-0.15, -0.1) is 0 Å². The maximum Gasteiger partial charge on any atom is 0.332 e. The Bertz CT molecular complexity index is 62.3. The number of hydrogen-bond donors (Lipinski definition) is 4. The maximum atomic E-state index is 9.45. The topological polar surface area (TPSA) is 104 Å². The molecule has 50 valence electrons. The molecule has 0 spiro atoms. The SMILES string of the molecule is CC(O)C(=O)O.NO. The van der Waals surface area contributed by atoms with Crippen LogP contribution in [0.15, 0.2) is 0 Å². The number of carbonyl (C=O) groups is 1. The third kappa shape index (κ3) is 9.02. The fraction of sp³-hybridized carbons (Fsp3) is 0.667. The molecule has 0 aliphatic heterocycles. The standard InChI is InChI=1S/C3H6O3.H3NO/c1-2(4)3(5)6;1-2/h2,4H,1H3,(H,5,6);2H,1H2. The minimum Gasteiger partial charge on any atom is -0.479 e. The third-order valence-corrected chi connectivity index (χ3v) is 0.357. The molecule has 5 heteroatoms. The highest BCUT2D eigenvalue weighted by Crippen LogP contribution is 1.73. The van der Waals surface area contributed by atoms with E-state index in [0.29, 0.717) is 0 Å². The van der Waals surface area contributed by atoms with E-state index in [0.717, 1.165) is 0 Å². The number of aliphatic hydroxyl groups excluding tert-OH is 1. The van der Waals surface area contributed by atoms with E-state index >= 15 is 0 Å². The summed E-state index contributed by atoms with van der Waals surface area (Å²) in [5.41, 5.74) is 0. The van der Waals surface area contributed by atoms with Crippen LogP contribution in [0.2, 0.25) is 0 Å². The quantitative estimate of drug-likeness (QED) is 0.327. The van der Waals surface area contributed by atoms with Crippen molar-refractivity contribution in [1.82, 2.24) is 0 Å². The van der Waals surface area contributed by atoms with Crippen molar-refractivity contribution in [2.75, 3.05) is 0 Å². The summed E-state index contributed by atoms with van der Waals surface area (Å²) in [5.74, 6) is 2.31. The van der Waals surface area contributed by atoms with E-state index in [1.165, 1.54) is 6.92 Å². The Hall–Kier alpha value is -0.650. The molecule has 0 aromatic carbocycles. The van der Waals surface area contributed by atoms with Crippen LogP contribution in [0.1, 0.15) is 6.92 Å². The predicted octanol–water partition coefficient (Wildman–Crippen LogP) is -1.21. The molecule has 1 unspecified atom stereocenters. The summed E-state index contributed by atoms with van der Waals surface area (Å²) in [6.07, 6.45) is -1.23. The Morgan fingerprint density at radius 1 is 1.62 bits per heavy atom. The second-order valence-electron chi connectivity index (χ2n) is 1.01. The van der Waals surface area contributed by atoms with E-state index < -0.39 is 12.1 Å². The van der Waals surface area contributed by atoms with E-state index in [1.54, 1.807) is 0 Å². The number of rotatable bonds is 1. The van der Waals surface area contributed by atoms with Crippen molar-refractivity contribution in [1.29, 1.82) is 0 Å². The first-order valence-electron chi connectivity index (χ1n) is 1.81. The largest absolute Gasteiger partial charge is 0.479 e. The number of aliphatic hydroxyl groups is 1. The van der Waals surface area contributed by atoms with Crippen LogP contribution < -0.4 is 5.90 Å². The first-order chi connectivity index (χ1) is 3.64. The Kier molecular flexibility index (Phi) is 8.22. The van der Waals surface area contributed by atoms with Crippen molar-refractivity contribution < 1.29 is 20.2 Å². The van der Waals surface area contributed by atoms with Gasteiger partial charge < -0.3 is 15.4 Å². The van der Waals surface area contributed by atoms with Crippen LogP contribution in [0.4, 0.5) is 0 Å². The van der Waals surface area contributed by atoms with Crippen LogP contribution in [0, 0.1) is 0 Å². The van der Waals surface area contributed by atoms with Crippen LogP contribution in [0.25, 0.3) is 0 Å². The molecule has 0 bridgehead atoms. The van der Waals surface area contributed by atoms with E-state index in [1.807, 2.05) is 0 Å². The van der Waals surface area contributed by atoms with Crippen molar-refractivity contribution in [3.8, 4) is 0 Å². The zero-order chi connectivity index (χ0) is 7.15. The van der Waals surface area contributed by atoms with E-state index in [-0.39, 0.29) is 0 Å². The lowest BCUT2D eigenvalue weighted by molar-refractivity contribution is -0.145. The molecule has 0 heterocycles. The predicted molar refractivity (Wildman–Crippen MR) is 25.3 cm³/mol. The lowest BCUT2D eigenvalue weighted by Crippen LogP contribution is -2.13. The van der Waals surface area contributed by atoms with Gasteiger partial charge in [-0.05, 0) is 6.92 Å². The average molecular weight is 123 g/mol. The van der Waals surface area contributed by atoms with E-state index in [4.69, 9.17) is 15.4 Å². The molecule has 0 saturated carbocycles. The number of carboxylic acid groups (broad SMARTS) is 1.